The lowest BCUT2D eigenvalue weighted by Crippen LogP contribution is -2.54. The van der Waals surface area contributed by atoms with Crippen LogP contribution in [0.2, 0.25) is 0 Å². The van der Waals surface area contributed by atoms with Gasteiger partial charge in [-0.15, -0.1) is 0 Å². The van der Waals surface area contributed by atoms with Crippen LogP contribution in [0.3, 0.4) is 0 Å². The van der Waals surface area contributed by atoms with Gasteiger partial charge in [-0.25, -0.2) is 0 Å². The Hall–Kier alpha value is -1.08. The summed E-state index contributed by atoms with van der Waals surface area (Å²) in [5, 5.41) is 15.8. The van der Waals surface area contributed by atoms with Gasteiger partial charge in [0.25, 0.3) is 0 Å². The van der Waals surface area contributed by atoms with E-state index in [-0.39, 0.29) is 42.5 Å². The van der Waals surface area contributed by atoms with Gasteiger partial charge in [0, 0.05) is 18.9 Å². The first kappa shape index (κ1) is 27.0. The number of hydrogen-bond donors (Lipinski definition) is 5. The molecule has 8 nitrogen and oxygen atoms in total. The second kappa shape index (κ2) is 13.4. The number of nitrogens with one attached hydrogen (secondary N) is 2. The molecule has 0 aliphatic heterocycles. The molecule has 2 unspecified atom stereocenters. The molecule has 0 spiro atoms. The molecule has 5 atom stereocenters. The Balaban J connectivity index is 2.63. The first-order valence-electron chi connectivity index (χ1n) is 11.2. The second-order valence-electron chi connectivity index (χ2n) is 9.36. The lowest BCUT2D eigenvalue weighted by Gasteiger charge is -2.25. The first-order valence-corrected chi connectivity index (χ1v) is 12.5. The van der Waals surface area contributed by atoms with E-state index < -0.39 is 31.9 Å². The van der Waals surface area contributed by atoms with Crippen molar-refractivity contribution in [2.75, 3.05) is 6.54 Å². The van der Waals surface area contributed by atoms with Gasteiger partial charge in [0.2, 0.25) is 11.8 Å². The molecule has 30 heavy (non-hydrogen) atoms. The van der Waals surface area contributed by atoms with Crippen LogP contribution in [0.25, 0.3) is 0 Å². The van der Waals surface area contributed by atoms with Crippen molar-refractivity contribution in [2.24, 2.45) is 23.5 Å². The molecule has 6 N–H and O–H groups in total. The number of carbonyl (C=O) groups is 2. The predicted octanol–water partition coefficient (Wildman–Crippen LogP) is 2.05. The Kier molecular flexibility index (Phi) is 12.0. The van der Waals surface area contributed by atoms with Gasteiger partial charge in [-0.1, -0.05) is 47.0 Å². The van der Waals surface area contributed by atoms with Gasteiger partial charge >= 0.3 is 8.03 Å². The van der Waals surface area contributed by atoms with Gasteiger partial charge in [-0.05, 0) is 35.7 Å². The zero-order valence-corrected chi connectivity index (χ0v) is 19.7. The summed E-state index contributed by atoms with van der Waals surface area (Å²) < 4.78 is 11.8. The van der Waals surface area contributed by atoms with Gasteiger partial charge < -0.3 is 21.5 Å². The largest absolute Gasteiger partial charge is 0.509 e. The molecule has 0 aromatic carbocycles. The van der Waals surface area contributed by atoms with Crippen molar-refractivity contribution in [3.8, 4) is 0 Å². The van der Waals surface area contributed by atoms with Crippen LogP contribution in [0.15, 0.2) is 0 Å². The molecule has 2 amide bonds. The highest BCUT2D eigenvalue weighted by atomic mass is 31.1. The summed E-state index contributed by atoms with van der Waals surface area (Å²) in [4.78, 5) is 34.7. The van der Waals surface area contributed by atoms with Crippen LogP contribution in [0, 0.1) is 17.8 Å². The van der Waals surface area contributed by atoms with Crippen molar-refractivity contribution in [3.63, 3.8) is 0 Å². The third-order valence-electron chi connectivity index (χ3n) is 5.86. The van der Waals surface area contributed by atoms with Crippen molar-refractivity contribution in [3.05, 3.63) is 0 Å². The van der Waals surface area contributed by atoms with Crippen molar-refractivity contribution in [1.29, 1.82) is 0 Å². The number of amides is 2. The van der Waals surface area contributed by atoms with Crippen LogP contribution in [0.4, 0.5) is 0 Å². The van der Waals surface area contributed by atoms with E-state index >= 15 is 0 Å². The van der Waals surface area contributed by atoms with Crippen molar-refractivity contribution >= 4 is 19.8 Å². The molecular formula is C21H41N3O5P+. The highest BCUT2D eigenvalue weighted by Gasteiger charge is 2.39. The van der Waals surface area contributed by atoms with Crippen LogP contribution in [-0.4, -0.2) is 52.2 Å². The molecule has 1 aliphatic rings. The maximum absolute atomic E-state index is 12.6. The van der Waals surface area contributed by atoms with Crippen LogP contribution >= 0.6 is 8.03 Å². The molecule has 0 radical (unpaired) electrons. The van der Waals surface area contributed by atoms with Crippen LogP contribution in [0.1, 0.15) is 72.6 Å². The van der Waals surface area contributed by atoms with Gasteiger partial charge in [-0.3, -0.25) is 9.59 Å². The van der Waals surface area contributed by atoms with E-state index in [0.717, 1.165) is 32.1 Å². The molecular weight excluding hydrogens is 405 g/mol. The minimum atomic E-state index is -2.39. The third kappa shape index (κ3) is 9.38. The zero-order chi connectivity index (χ0) is 22.8. The SMILES string of the molecule is CC(C)C[C@@H](NC(=O)[C@@H](N)C(C)C)C(=O)NC[C@H](O)CC(C1CCCCC1)[P+](=O)O. The molecule has 174 valence electrons. The summed E-state index contributed by atoms with van der Waals surface area (Å²) in [6.45, 7) is 7.57. The molecule has 0 aromatic rings. The molecule has 0 saturated heterocycles. The maximum atomic E-state index is 12.6. The molecule has 1 fully saturated rings. The number of aliphatic hydroxyl groups excluding tert-OH is 1. The van der Waals surface area contributed by atoms with E-state index in [4.69, 9.17) is 5.73 Å². The number of hydrogen-bond acceptors (Lipinski definition) is 5. The average molecular weight is 447 g/mol. The molecule has 9 heteroatoms. The quantitative estimate of drug-likeness (QED) is 0.291. The molecule has 0 aromatic heterocycles. The molecule has 0 bridgehead atoms. The summed E-state index contributed by atoms with van der Waals surface area (Å²) in [6, 6.07) is -1.44. The lowest BCUT2D eigenvalue weighted by molar-refractivity contribution is -0.130. The van der Waals surface area contributed by atoms with Crippen LogP contribution < -0.4 is 16.4 Å². The molecule has 1 aliphatic carbocycles. The van der Waals surface area contributed by atoms with Gasteiger partial charge in [-0.2, -0.15) is 4.89 Å². The van der Waals surface area contributed by atoms with Crippen LogP contribution in [0.5, 0.6) is 0 Å². The Labute approximate surface area is 181 Å². The zero-order valence-electron chi connectivity index (χ0n) is 18.8. The van der Waals surface area contributed by atoms with Gasteiger partial charge in [0.1, 0.15) is 6.04 Å². The summed E-state index contributed by atoms with van der Waals surface area (Å²) in [5.41, 5.74) is 5.42. The van der Waals surface area contributed by atoms with Gasteiger partial charge in [0.05, 0.1) is 12.1 Å². The normalized spacial score (nSPS) is 19.8. The highest BCUT2D eigenvalue weighted by molar-refractivity contribution is 7.38. The van der Waals surface area contributed by atoms with Crippen molar-refractivity contribution < 1.29 is 24.2 Å². The fourth-order valence-corrected chi connectivity index (χ4v) is 5.04. The average Bonchev–Trinajstić information content (AvgIpc) is 2.68. The van der Waals surface area contributed by atoms with E-state index in [2.05, 4.69) is 10.6 Å². The number of aliphatic hydroxyl groups is 1. The van der Waals surface area contributed by atoms with E-state index in [0.29, 0.717) is 6.42 Å². The van der Waals surface area contributed by atoms with Crippen molar-refractivity contribution in [1.82, 2.24) is 10.6 Å². The number of rotatable bonds is 12. The monoisotopic (exact) mass is 446 g/mol. The first-order chi connectivity index (χ1) is 14.0. The summed E-state index contributed by atoms with van der Waals surface area (Å²) in [7, 11) is -2.39. The lowest BCUT2D eigenvalue weighted by atomic mass is 9.85. The fraction of sp³-hybridized carbons (Fsp3) is 0.905. The number of nitrogens with two attached hydrogens (primary N) is 1. The Morgan fingerprint density at radius 2 is 1.67 bits per heavy atom. The highest BCUT2D eigenvalue weighted by Crippen LogP contribution is 2.40. The minimum absolute atomic E-state index is 0.0219. The summed E-state index contributed by atoms with van der Waals surface area (Å²) in [5.74, 6) is -0.485. The Morgan fingerprint density at radius 1 is 1.07 bits per heavy atom. The Morgan fingerprint density at radius 3 is 2.17 bits per heavy atom. The van der Waals surface area contributed by atoms with E-state index in [1.165, 1.54) is 0 Å². The standard InChI is InChI=1S/C21H40N3O5P/c1-13(2)10-17(24-21(27)19(22)14(3)4)20(26)23-12-16(25)11-18(30(28)29)15-8-6-5-7-9-15/h13-19,25H,5-12,22H2,1-4H3,(H2-,23,24,26,27,28,29)/p+1/t16-,17-,18?,19+/m1/s1. The van der Waals surface area contributed by atoms with E-state index in [1.807, 2.05) is 27.7 Å². The molecule has 1 saturated carbocycles. The smallest absolute Gasteiger partial charge is 0.391 e. The Bertz CT molecular complexity index is 567. The molecule has 1 rings (SSSR count). The predicted molar refractivity (Wildman–Crippen MR) is 118 cm³/mol. The molecule has 0 heterocycles. The second-order valence-corrected chi connectivity index (χ2v) is 10.6. The topological polar surface area (TPSA) is 142 Å². The summed E-state index contributed by atoms with van der Waals surface area (Å²) in [6.07, 6.45) is 4.77. The fourth-order valence-electron chi connectivity index (χ4n) is 3.96. The third-order valence-corrected chi connectivity index (χ3v) is 7.06. The van der Waals surface area contributed by atoms with Crippen LogP contribution in [-0.2, 0) is 14.2 Å². The van der Waals surface area contributed by atoms with Crippen molar-refractivity contribution in [2.45, 2.75) is 96.5 Å². The number of carbonyl (C=O) groups excluding carboxylic acids is 2. The maximum Gasteiger partial charge on any atom is 0.509 e. The van der Waals surface area contributed by atoms with Gasteiger partial charge in [0.15, 0.2) is 5.66 Å². The summed E-state index contributed by atoms with van der Waals surface area (Å²) >= 11 is 0. The minimum Gasteiger partial charge on any atom is -0.391 e. The van der Waals surface area contributed by atoms with E-state index in [1.54, 1.807) is 0 Å². The van der Waals surface area contributed by atoms with E-state index in [9.17, 15) is 24.2 Å².